The third kappa shape index (κ3) is 3.35. The summed E-state index contributed by atoms with van der Waals surface area (Å²) in [5, 5.41) is 8.49. The van der Waals surface area contributed by atoms with Crippen LogP contribution in [-0.4, -0.2) is 37.1 Å². The molecule has 132 valence electrons. The molecule has 0 unspecified atom stereocenters. The average molecular weight is 347 g/mol. The van der Waals surface area contributed by atoms with Crippen LogP contribution in [0.25, 0.3) is 0 Å². The minimum atomic E-state index is -0.0531. The molecular formula is C20H21N5O. The molecule has 0 N–H and O–H groups in total. The predicted molar refractivity (Wildman–Crippen MR) is 97.4 cm³/mol. The monoisotopic (exact) mass is 347 g/mol. The van der Waals surface area contributed by atoms with Gasteiger partial charge in [-0.05, 0) is 37.0 Å². The molecule has 1 fully saturated rings. The van der Waals surface area contributed by atoms with Crippen LogP contribution in [-0.2, 0) is 6.54 Å². The van der Waals surface area contributed by atoms with Crippen molar-refractivity contribution in [2.24, 2.45) is 0 Å². The lowest BCUT2D eigenvalue weighted by molar-refractivity contribution is 0.0594. The number of benzene rings is 1. The number of nitrogens with zero attached hydrogens (tertiary/aromatic N) is 5. The van der Waals surface area contributed by atoms with Crippen molar-refractivity contribution in [1.29, 1.82) is 0 Å². The summed E-state index contributed by atoms with van der Waals surface area (Å²) in [5.74, 6) is 0.864. The first-order valence-corrected chi connectivity index (χ1v) is 8.95. The van der Waals surface area contributed by atoms with Crippen molar-refractivity contribution in [3.8, 4) is 0 Å². The zero-order chi connectivity index (χ0) is 17.8. The van der Waals surface area contributed by atoms with Gasteiger partial charge in [0.1, 0.15) is 6.33 Å². The van der Waals surface area contributed by atoms with Gasteiger partial charge >= 0.3 is 0 Å². The third-order valence-electron chi connectivity index (χ3n) is 4.81. The lowest BCUT2D eigenvalue weighted by Crippen LogP contribution is -2.39. The number of rotatable bonds is 4. The Morgan fingerprint density at radius 3 is 2.81 bits per heavy atom. The zero-order valence-corrected chi connectivity index (χ0v) is 14.5. The van der Waals surface area contributed by atoms with E-state index >= 15 is 0 Å². The van der Waals surface area contributed by atoms with E-state index in [1.54, 1.807) is 24.8 Å². The van der Waals surface area contributed by atoms with Gasteiger partial charge < -0.3 is 9.47 Å². The number of pyridine rings is 1. The summed E-state index contributed by atoms with van der Waals surface area (Å²) in [6, 6.07) is 13.8. The Bertz CT molecular complexity index is 862. The molecule has 2 aromatic heterocycles. The summed E-state index contributed by atoms with van der Waals surface area (Å²) in [6.45, 7) is 1.44. The van der Waals surface area contributed by atoms with Crippen LogP contribution in [0.5, 0.6) is 0 Å². The van der Waals surface area contributed by atoms with Crippen LogP contribution in [0.2, 0.25) is 0 Å². The summed E-state index contributed by atoms with van der Waals surface area (Å²) >= 11 is 0. The normalized spacial score (nSPS) is 17.2. The number of carbonyl (C=O) groups is 1. The summed E-state index contributed by atoms with van der Waals surface area (Å²) in [5.41, 5.74) is 1.81. The smallest absolute Gasteiger partial charge is 0.256 e. The van der Waals surface area contributed by atoms with E-state index in [1.807, 2.05) is 29.2 Å². The molecule has 3 aromatic rings. The third-order valence-corrected chi connectivity index (χ3v) is 4.81. The van der Waals surface area contributed by atoms with E-state index in [2.05, 4.69) is 31.9 Å². The molecule has 26 heavy (non-hydrogen) atoms. The Morgan fingerprint density at radius 2 is 2.00 bits per heavy atom. The van der Waals surface area contributed by atoms with Crippen LogP contribution in [0.15, 0.2) is 61.2 Å². The molecule has 1 amide bonds. The van der Waals surface area contributed by atoms with Gasteiger partial charge in [-0.15, -0.1) is 10.2 Å². The Kier molecular flexibility index (Phi) is 4.73. The molecule has 0 spiro atoms. The van der Waals surface area contributed by atoms with Crippen LogP contribution in [0.3, 0.4) is 0 Å². The van der Waals surface area contributed by atoms with Crippen LogP contribution < -0.4 is 0 Å². The van der Waals surface area contributed by atoms with E-state index in [4.69, 9.17) is 0 Å². The topological polar surface area (TPSA) is 63.9 Å². The molecule has 0 bridgehead atoms. The van der Waals surface area contributed by atoms with Crippen molar-refractivity contribution in [3.05, 3.63) is 78.1 Å². The quantitative estimate of drug-likeness (QED) is 0.727. The molecule has 0 aliphatic carbocycles. The number of carbonyl (C=O) groups excluding carboxylic acids is 1. The van der Waals surface area contributed by atoms with E-state index < -0.39 is 0 Å². The Hall–Kier alpha value is -3.02. The van der Waals surface area contributed by atoms with E-state index in [9.17, 15) is 4.79 Å². The molecule has 1 saturated heterocycles. The zero-order valence-electron chi connectivity index (χ0n) is 14.5. The van der Waals surface area contributed by atoms with Crippen molar-refractivity contribution in [3.63, 3.8) is 0 Å². The molecule has 1 aromatic carbocycles. The highest BCUT2D eigenvalue weighted by Crippen LogP contribution is 2.31. The molecular weight excluding hydrogens is 326 g/mol. The fraction of sp³-hybridized carbons (Fsp3) is 0.300. The van der Waals surface area contributed by atoms with Crippen molar-refractivity contribution >= 4 is 5.91 Å². The number of likely N-dealkylation sites (tertiary alicyclic amines) is 1. The second-order valence-electron chi connectivity index (χ2n) is 6.55. The molecule has 1 atom stereocenters. The van der Waals surface area contributed by atoms with Crippen molar-refractivity contribution in [1.82, 2.24) is 24.6 Å². The van der Waals surface area contributed by atoms with E-state index in [0.29, 0.717) is 12.1 Å². The van der Waals surface area contributed by atoms with Crippen LogP contribution in [0.4, 0.5) is 0 Å². The van der Waals surface area contributed by atoms with Crippen molar-refractivity contribution in [2.75, 3.05) is 6.54 Å². The number of hydrogen-bond acceptors (Lipinski definition) is 4. The highest BCUT2D eigenvalue weighted by Gasteiger charge is 2.32. The number of piperidine rings is 1. The first kappa shape index (κ1) is 16.4. The van der Waals surface area contributed by atoms with E-state index in [-0.39, 0.29) is 11.9 Å². The molecule has 0 radical (unpaired) electrons. The van der Waals surface area contributed by atoms with Gasteiger partial charge in [0.05, 0.1) is 18.2 Å². The highest BCUT2D eigenvalue weighted by molar-refractivity contribution is 5.94. The number of amides is 1. The van der Waals surface area contributed by atoms with E-state index in [1.165, 1.54) is 5.56 Å². The Morgan fingerprint density at radius 1 is 1.12 bits per heavy atom. The van der Waals surface area contributed by atoms with E-state index in [0.717, 1.165) is 31.6 Å². The second kappa shape index (κ2) is 7.47. The fourth-order valence-corrected chi connectivity index (χ4v) is 3.52. The standard InChI is InChI=1S/C20H21N5O/c26-20(17-9-6-11-21-13-17)25-12-5-4-10-18(25)19-23-22-15-24(19)14-16-7-2-1-3-8-16/h1-3,6-9,11,13,15,18H,4-5,10,12,14H2/t18-/m1/s1. The SMILES string of the molecule is O=C(c1cccnc1)N1CCCC[C@@H]1c1nncn1Cc1ccccc1. The molecule has 0 saturated carbocycles. The lowest BCUT2D eigenvalue weighted by Gasteiger charge is -2.35. The first-order chi connectivity index (χ1) is 12.8. The molecule has 6 heteroatoms. The largest absolute Gasteiger partial charge is 0.328 e. The minimum absolute atomic E-state index is 0.0112. The average Bonchev–Trinajstić information content (AvgIpc) is 3.17. The highest BCUT2D eigenvalue weighted by atomic mass is 16.2. The predicted octanol–water partition coefficient (Wildman–Crippen LogP) is 3.09. The number of hydrogen-bond donors (Lipinski definition) is 0. The van der Waals surface area contributed by atoms with Gasteiger partial charge in [0, 0.05) is 18.9 Å². The molecule has 6 nitrogen and oxygen atoms in total. The van der Waals surface area contributed by atoms with Gasteiger partial charge in [-0.1, -0.05) is 30.3 Å². The van der Waals surface area contributed by atoms with Gasteiger partial charge in [0.25, 0.3) is 5.91 Å². The fourth-order valence-electron chi connectivity index (χ4n) is 3.52. The van der Waals surface area contributed by atoms with Crippen LogP contribution in [0, 0.1) is 0 Å². The Labute approximate surface area is 152 Å². The van der Waals surface area contributed by atoms with Crippen molar-refractivity contribution < 1.29 is 4.79 Å². The Balaban J connectivity index is 1.61. The minimum Gasteiger partial charge on any atom is -0.328 e. The molecule has 4 rings (SSSR count). The second-order valence-corrected chi connectivity index (χ2v) is 6.55. The summed E-state index contributed by atoms with van der Waals surface area (Å²) in [7, 11) is 0. The summed E-state index contributed by atoms with van der Waals surface area (Å²) < 4.78 is 2.05. The van der Waals surface area contributed by atoms with Crippen LogP contribution in [0.1, 0.15) is 47.1 Å². The van der Waals surface area contributed by atoms with Crippen LogP contribution >= 0.6 is 0 Å². The maximum Gasteiger partial charge on any atom is 0.256 e. The van der Waals surface area contributed by atoms with Gasteiger partial charge in [-0.25, -0.2) is 0 Å². The molecule has 1 aliphatic rings. The lowest BCUT2D eigenvalue weighted by atomic mass is 10.00. The van der Waals surface area contributed by atoms with Gasteiger partial charge in [-0.2, -0.15) is 0 Å². The maximum absolute atomic E-state index is 13.0. The van der Waals surface area contributed by atoms with Gasteiger partial charge in [0.15, 0.2) is 5.82 Å². The first-order valence-electron chi connectivity index (χ1n) is 8.95. The molecule has 1 aliphatic heterocycles. The van der Waals surface area contributed by atoms with Gasteiger partial charge in [0.2, 0.25) is 0 Å². The summed E-state index contributed by atoms with van der Waals surface area (Å²) in [4.78, 5) is 19.0. The number of aromatic nitrogens is 4. The van der Waals surface area contributed by atoms with Gasteiger partial charge in [-0.3, -0.25) is 9.78 Å². The summed E-state index contributed by atoms with van der Waals surface area (Å²) in [6.07, 6.45) is 8.06. The van der Waals surface area contributed by atoms with Crippen molar-refractivity contribution in [2.45, 2.75) is 31.8 Å². The molecule has 3 heterocycles. The maximum atomic E-state index is 13.0.